The van der Waals surface area contributed by atoms with Crippen molar-refractivity contribution < 1.29 is 4.42 Å². The summed E-state index contributed by atoms with van der Waals surface area (Å²) in [7, 11) is 0. The summed E-state index contributed by atoms with van der Waals surface area (Å²) in [6.45, 7) is 9.01. The molecule has 0 fully saturated rings. The van der Waals surface area contributed by atoms with Crippen molar-refractivity contribution in [3.8, 4) is 10.6 Å². The molecule has 0 saturated heterocycles. The Morgan fingerprint density at radius 1 is 1.41 bits per heavy atom. The molecule has 2 aromatic heterocycles. The second-order valence-electron chi connectivity index (χ2n) is 4.05. The van der Waals surface area contributed by atoms with Gasteiger partial charge in [0.05, 0.1) is 11.6 Å². The molecule has 1 unspecified atom stereocenters. The van der Waals surface area contributed by atoms with Crippen LogP contribution in [0.5, 0.6) is 0 Å². The van der Waals surface area contributed by atoms with Crippen molar-refractivity contribution in [2.24, 2.45) is 0 Å². The highest BCUT2D eigenvalue weighted by molar-refractivity contribution is 7.14. The third kappa shape index (κ3) is 2.56. The van der Waals surface area contributed by atoms with E-state index in [9.17, 15) is 0 Å². The zero-order valence-electron chi connectivity index (χ0n) is 10.6. The minimum Gasteiger partial charge on any atom is -0.466 e. The van der Waals surface area contributed by atoms with Gasteiger partial charge in [-0.15, -0.1) is 10.2 Å². The van der Waals surface area contributed by atoms with E-state index in [-0.39, 0.29) is 6.04 Å². The van der Waals surface area contributed by atoms with Crippen LogP contribution < -0.4 is 5.32 Å². The van der Waals surface area contributed by atoms with Gasteiger partial charge < -0.3 is 9.73 Å². The first-order valence-electron chi connectivity index (χ1n) is 5.76. The monoisotopic (exact) mass is 251 g/mol. The first-order chi connectivity index (χ1) is 8.11. The molecule has 2 heterocycles. The average molecular weight is 251 g/mol. The van der Waals surface area contributed by atoms with Crippen LogP contribution in [0.15, 0.2) is 10.5 Å². The van der Waals surface area contributed by atoms with Gasteiger partial charge in [0.2, 0.25) is 0 Å². The van der Waals surface area contributed by atoms with Crippen molar-refractivity contribution in [1.82, 2.24) is 15.5 Å². The van der Waals surface area contributed by atoms with E-state index in [0.717, 1.165) is 33.6 Å². The van der Waals surface area contributed by atoms with E-state index < -0.39 is 0 Å². The molecule has 0 amide bonds. The molecule has 0 bridgehead atoms. The Kier molecular flexibility index (Phi) is 3.59. The Bertz CT molecular complexity index is 504. The first-order valence-corrected chi connectivity index (χ1v) is 6.57. The molecular weight excluding hydrogens is 234 g/mol. The molecule has 4 nitrogen and oxygen atoms in total. The van der Waals surface area contributed by atoms with E-state index in [1.807, 2.05) is 19.9 Å². The van der Waals surface area contributed by atoms with Gasteiger partial charge in [-0.3, -0.25) is 0 Å². The van der Waals surface area contributed by atoms with Gasteiger partial charge in [0.1, 0.15) is 16.5 Å². The van der Waals surface area contributed by atoms with E-state index in [0.29, 0.717) is 0 Å². The van der Waals surface area contributed by atoms with Gasteiger partial charge in [-0.1, -0.05) is 18.3 Å². The van der Waals surface area contributed by atoms with Gasteiger partial charge in [-0.2, -0.15) is 0 Å². The highest BCUT2D eigenvalue weighted by Gasteiger charge is 2.15. The molecule has 0 aromatic carbocycles. The second kappa shape index (κ2) is 4.98. The fourth-order valence-electron chi connectivity index (χ4n) is 1.76. The maximum absolute atomic E-state index is 5.51. The third-order valence-electron chi connectivity index (χ3n) is 2.59. The lowest BCUT2D eigenvalue weighted by molar-refractivity contribution is 0.505. The molecule has 2 rings (SSSR count). The van der Waals surface area contributed by atoms with Crippen molar-refractivity contribution in [3.63, 3.8) is 0 Å². The van der Waals surface area contributed by atoms with E-state index in [1.165, 1.54) is 0 Å². The van der Waals surface area contributed by atoms with Crippen LogP contribution in [0.1, 0.15) is 36.4 Å². The fourth-order valence-corrected chi connectivity index (χ4v) is 2.69. The molecule has 92 valence electrons. The van der Waals surface area contributed by atoms with E-state index in [2.05, 4.69) is 29.4 Å². The Balaban J connectivity index is 2.26. The molecule has 5 heteroatoms. The lowest BCUT2D eigenvalue weighted by Crippen LogP contribution is -2.17. The number of furan rings is 1. The molecular formula is C12H17N3OS. The van der Waals surface area contributed by atoms with Gasteiger partial charge in [0.25, 0.3) is 0 Å². The van der Waals surface area contributed by atoms with Crippen LogP contribution in [0.2, 0.25) is 0 Å². The van der Waals surface area contributed by atoms with Gasteiger partial charge in [-0.05, 0) is 33.4 Å². The first kappa shape index (κ1) is 12.3. The molecule has 0 spiro atoms. The summed E-state index contributed by atoms with van der Waals surface area (Å²) >= 11 is 1.62. The fraction of sp³-hybridized carbons (Fsp3) is 0.500. The number of nitrogens with zero attached hydrogens (tertiary/aromatic N) is 2. The van der Waals surface area contributed by atoms with Crippen LogP contribution in [-0.2, 0) is 0 Å². The SMILES string of the molecule is CCNC(C)c1nnc(-c2cc(C)oc2C)s1. The lowest BCUT2D eigenvalue weighted by Gasteiger charge is -2.06. The summed E-state index contributed by atoms with van der Waals surface area (Å²) in [5.74, 6) is 1.82. The summed E-state index contributed by atoms with van der Waals surface area (Å²) in [6, 6.07) is 2.26. The topological polar surface area (TPSA) is 51.0 Å². The average Bonchev–Trinajstić information content (AvgIpc) is 2.85. The van der Waals surface area contributed by atoms with Crippen molar-refractivity contribution in [1.29, 1.82) is 0 Å². The van der Waals surface area contributed by atoms with Crippen molar-refractivity contribution in [2.75, 3.05) is 6.54 Å². The Labute approximate surface area is 105 Å². The van der Waals surface area contributed by atoms with Gasteiger partial charge in [-0.25, -0.2) is 0 Å². The molecule has 0 aliphatic rings. The van der Waals surface area contributed by atoms with Crippen LogP contribution in [0.25, 0.3) is 10.6 Å². The second-order valence-corrected chi connectivity index (χ2v) is 5.06. The number of nitrogens with one attached hydrogen (secondary N) is 1. The minimum absolute atomic E-state index is 0.250. The largest absolute Gasteiger partial charge is 0.466 e. The molecule has 0 aliphatic carbocycles. The Morgan fingerprint density at radius 2 is 2.18 bits per heavy atom. The van der Waals surface area contributed by atoms with Crippen molar-refractivity contribution in [3.05, 3.63) is 22.6 Å². The number of aromatic nitrogens is 2. The molecule has 1 N–H and O–H groups in total. The highest BCUT2D eigenvalue weighted by Crippen LogP contribution is 2.30. The standard InChI is InChI=1S/C12H17N3OS/c1-5-13-8(3)11-14-15-12(17-11)10-6-7(2)16-9(10)4/h6,8,13H,5H2,1-4H3. The van der Waals surface area contributed by atoms with Crippen LogP contribution >= 0.6 is 11.3 Å². The minimum atomic E-state index is 0.250. The van der Waals surface area contributed by atoms with Crippen LogP contribution in [0, 0.1) is 13.8 Å². The molecule has 0 aliphatic heterocycles. The van der Waals surface area contributed by atoms with E-state index in [1.54, 1.807) is 11.3 Å². The summed E-state index contributed by atoms with van der Waals surface area (Å²) in [6.07, 6.45) is 0. The number of rotatable bonds is 4. The molecule has 2 aromatic rings. The van der Waals surface area contributed by atoms with Gasteiger partial charge in [0.15, 0.2) is 5.01 Å². The zero-order chi connectivity index (χ0) is 12.4. The molecule has 0 saturated carbocycles. The summed E-state index contributed by atoms with van der Waals surface area (Å²) in [4.78, 5) is 0. The number of hydrogen-bond donors (Lipinski definition) is 1. The quantitative estimate of drug-likeness (QED) is 0.907. The highest BCUT2D eigenvalue weighted by atomic mass is 32.1. The predicted molar refractivity (Wildman–Crippen MR) is 69.2 cm³/mol. The molecule has 17 heavy (non-hydrogen) atoms. The normalized spacial score (nSPS) is 12.9. The smallest absolute Gasteiger partial charge is 0.151 e. The van der Waals surface area contributed by atoms with E-state index in [4.69, 9.17) is 4.42 Å². The maximum Gasteiger partial charge on any atom is 0.151 e. The Hall–Kier alpha value is -1.20. The predicted octanol–water partition coefficient (Wildman–Crippen LogP) is 3.09. The number of hydrogen-bond acceptors (Lipinski definition) is 5. The zero-order valence-corrected chi connectivity index (χ0v) is 11.4. The summed E-state index contributed by atoms with van der Waals surface area (Å²) in [5.41, 5.74) is 1.05. The third-order valence-corrected chi connectivity index (χ3v) is 3.73. The van der Waals surface area contributed by atoms with Gasteiger partial charge in [0, 0.05) is 0 Å². The van der Waals surface area contributed by atoms with Crippen LogP contribution in [0.4, 0.5) is 0 Å². The van der Waals surface area contributed by atoms with Crippen LogP contribution in [-0.4, -0.2) is 16.7 Å². The maximum atomic E-state index is 5.51. The van der Waals surface area contributed by atoms with Gasteiger partial charge >= 0.3 is 0 Å². The number of aryl methyl sites for hydroxylation is 2. The summed E-state index contributed by atoms with van der Waals surface area (Å²) < 4.78 is 5.51. The lowest BCUT2D eigenvalue weighted by atomic mass is 10.2. The summed E-state index contributed by atoms with van der Waals surface area (Å²) in [5, 5.41) is 13.7. The van der Waals surface area contributed by atoms with Crippen molar-refractivity contribution in [2.45, 2.75) is 33.7 Å². The van der Waals surface area contributed by atoms with Crippen molar-refractivity contribution >= 4 is 11.3 Å². The Morgan fingerprint density at radius 3 is 2.76 bits per heavy atom. The van der Waals surface area contributed by atoms with Crippen LogP contribution in [0.3, 0.4) is 0 Å². The molecule has 0 radical (unpaired) electrons. The van der Waals surface area contributed by atoms with E-state index >= 15 is 0 Å². The molecule has 1 atom stereocenters.